The predicted molar refractivity (Wildman–Crippen MR) is 65.4 cm³/mol. The van der Waals surface area contributed by atoms with Gasteiger partial charge in [0.25, 0.3) is 0 Å². The van der Waals surface area contributed by atoms with Gasteiger partial charge in [-0.05, 0) is 45.4 Å². The zero-order valence-electron chi connectivity index (χ0n) is 11.2. The Labute approximate surface area is 103 Å². The number of esters is 1. The molecule has 0 heterocycles. The van der Waals surface area contributed by atoms with Crippen molar-refractivity contribution in [3.05, 3.63) is 0 Å². The van der Waals surface area contributed by atoms with Crippen LogP contribution in [0.2, 0.25) is 0 Å². The van der Waals surface area contributed by atoms with Crippen LogP contribution in [0.1, 0.15) is 46.5 Å². The van der Waals surface area contributed by atoms with Gasteiger partial charge in [-0.3, -0.25) is 9.59 Å². The van der Waals surface area contributed by atoms with Crippen molar-refractivity contribution < 1.29 is 14.3 Å². The zero-order chi connectivity index (χ0) is 13.1. The van der Waals surface area contributed by atoms with E-state index in [-0.39, 0.29) is 17.9 Å². The van der Waals surface area contributed by atoms with Crippen molar-refractivity contribution in [1.82, 2.24) is 5.32 Å². The Balaban J connectivity index is 2.51. The van der Waals surface area contributed by atoms with E-state index < -0.39 is 5.41 Å². The van der Waals surface area contributed by atoms with E-state index in [2.05, 4.69) is 5.32 Å². The largest absolute Gasteiger partial charge is 0.469 e. The number of nitrogens with one attached hydrogen (secondary N) is 1. The summed E-state index contributed by atoms with van der Waals surface area (Å²) in [5.74, 6) is 0.237. The molecule has 98 valence electrons. The standard InChI is InChI=1S/C13H23NO3/c1-9(15)14-11-7-5-10(6-8-11)13(2,3)12(16)17-4/h10-11H,5-8H2,1-4H3,(H,14,15). The van der Waals surface area contributed by atoms with Crippen LogP contribution in [0.4, 0.5) is 0 Å². The zero-order valence-corrected chi connectivity index (χ0v) is 11.2. The average molecular weight is 241 g/mol. The number of carbonyl (C=O) groups is 2. The molecule has 0 saturated heterocycles. The van der Waals surface area contributed by atoms with E-state index in [1.807, 2.05) is 13.8 Å². The number of ether oxygens (including phenoxy) is 1. The monoisotopic (exact) mass is 241 g/mol. The van der Waals surface area contributed by atoms with Crippen LogP contribution < -0.4 is 5.32 Å². The lowest BCUT2D eigenvalue weighted by atomic mass is 9.70. The molecule has 1 saturated carbocycles. The fourth-order valence-electron chi connectivity index (χ4n) is 2.68. The molecule has 0 bridgehead atoms. The van der Waals surface area contributed by atoms with Crippen LogP contribution in [0.25, 0.3) is 0 Å². The predicted octanol–water partition coefficient (Wildman–Crippen LogP) is 1.88. The Morgan fingerprint density at radius 2 is 1.71 bits per heavy atom. The van der Waals surface area contributed by atoms with Crippen molar-refractivity contribution in [2.75, 3.05) is 7.11 Å². The maximum Gasteiger partial charge on any atom is 0.311 e. The second-order valence-electron chi connectivity index (χ2n) is 5.46. The van der Waals surface area contributed by atoms with Gasteiger partial charge in [-0.15, -0.1) is 0 Å². The quantitative estimate of drug-likeness (QED) is 0.768. The van der Waals surface area contributed by atoms with E-state index in [9.17, 15) is 9.59 Å². The molecule has 1 fully saturated rings. The minimum absolute atomic E-state index is 0.0284. The van der Waals surface area contributed by atoms with Gasteiger partial charge in [0.2, 0.25) is 5.91 Å². The highest BCUT2D eigenvalue weighted by atomic mass is 16.5. The summed E-state index contributed by atoms with van der Waals surface area (Å²) in [6.07, 6.45) is 3.83. The number of amides is 1. The molecule has 0 radical (unpaired) electrons. The highest BCUT2D eigenvalue weighted by Gasteiger charge is 2.39. The molecule has 0 atom stereocenters. The fraction of sp³-hybridized carbons (Fsp3) is 0.846. The van der Waals surface area contributed by atoms with Crippen molar-refractivity contribution in [3.63, 3.8) is 0 Å². The average Bonchev–Trinajstić information content (AvgIpc) is 2.27. The molecule has 1 N–H and O–H groups in total. The third-order valence-corrected chi connectivity index (χ3v) is 3.87. The summed E-state index contributed by atoms with van der Waals surface area (Å²) in [7, 11) is 1.44. The van der Waals surface area contributed by atoms with Crippen molar-refractivity contribution in [3.8, 4) is 0 Å². The van der Waals surface area contributed by atoms with E-state index in [0.717, 1.165) is 25.7 Å². The Morgan fingerprint density at radius 3 is 2.12 bits per heavy atom. The van der Waals surface area contributed by atoms with Gasteiger partial charge in [0.1, 0.15) is 0 Å². The topological polar surface area (TPSA) is 55.4 Å². The van der Waals surface area contributed by atoms with Crippen molar-refractivity contribution in [1.29, 1.82) is 0 Å². The third kappa shape index (κ3) is 3.45. The molecule has 1 aliphatic rings. The first-order valence-corrected chi connectivity index (χ1v) is 6.23. The highest BCUT2D eigenvalue weighted by molar-refractivity contribution is 5.76. The minimum atomic E-state index is -0.421. The summed E-state index contributed by atoms with van der Waals surface area (Å²) in [4.78, 5) is 22.7. The van der Waals surface area contributed by atoms with Gasteiger partial charge in [0.15, 0.2) is 0 Å². The summed E-state index contributed by atoms with van der Waals surface area (Å²) in [6.45, 7) is 5.44. The van der Waals surface area contributed by atoms with E-state index in [4.69, 9.17) is 4.74 Å². The molecule has 0 unspecified atom stereocenters. The normalized spacial score (nSPS) is 25.2. The van der Waals surface area contributed by atoms with Crippen LogP contribution in [-0.2, 0) is 14.3 Å². The van der Waals surface area contributed by atoms with Gasteiger partial charge < -0.3 is 10.1 Å². The molecule has 1 amide bonds. The lowest BCUT2D eigenvalue weighted by Crippen LogP contribution is -2.41. The van der Waals surface area contributed by atoms with Crippen LogP contribution in [0.3, 0.4) is 0 Å². The first kappa shape index (κ1) is 14.0. The molecular weight excluding hydrogens is 218 g/mol. The second kappa shape index (κ2) is 5.52. The van der Waals surface area contributed by atoms with E-state index in [1.54, 1.807) is 6.92 Å². The molecule has 0 aromatic rings. The van der Waals surface area contributed by atoms with Crippen molar-refractivity contribution in [2.24, 2.45) is 11.3 Å². The summed E-state index contributed by atoms with van der Waals surface area (Å²) in [5.41, 5.74) is -0.421. The summed E-state index contributed by atoms with van der Waals surface area (Å²) < 4.78 is 4.85. The molecular formula is C13H23NO3. The Kier molecular flexibility index (Phi) is 4.54. The van der Waals surface area contributed by atoms with Crippen LogP contribution >= 0.6 is 0 Å². The summed E-state index contributed by atoms with van der Waals surface area (Å²) >= 11 is 0. The van der Waals surface area contributed by atoms with Gasteiger partial charge in [0.05, 0.1) is 12.5 Å². The van der Waals surface area contributed by atoms with Crippen molar-refractivity contribution in [2.45, 2.75) is 52.5 Å². The fourth-order valence-corrected chi connectivity index (χ4v) is 2.68. The Morgan fingerprint density at radius 1 is 1.18 bits per heavy atom. The molecule has 1 aliphatic carbocycles. The first-order chi connectivity index (χ1) is 7.87. The smallest absolute Gasteiger partial charge is 0.311 e. The van der Waals surface area contributed by atoms with Crippen LogP contribution in [0.15, 0.2) is 0 Å². The van der Waals surface area contributed by atoms with Gasteiger partial charge in [-0.25, -0.2) is 0 Å². The lowest BCUT2D eigenvalue weighted by Gasteiger charge is -2.37. The minimum Gasteiger partial charge on any atom is -0.469 e. The number of rotatable bonds is 3. The molecule has 1 rings (SSSR count). The first-order valence-electron chi connectivity index (χ1n) is 6.23. The molecule has 0 spiro atoms. The van der Waals surface area contributed by atoms with Crippen molar-refractivity contribution >= 4 is 11.9 Å². The van der Waals surface area contributed by atoms with Crippen LogP contribution in [0.5, 0.6) is 0 Å². The van der Waals surface area contributed by atoms with Crippen LogP contribution in [-0.4, -0.2) is 25.0 Å². The van der Waals surface area contributed by atoms with E-state index in [1.165, 1.54) is 7.11 Å². The number of carbonyl (C=O) groups excluding carboxylic acids is 2. The molecule has 4 nitrogen and oxygen atoms in total. The van der Waals surface area contributed by atoms with Gasteiger partial charge in [-0.2, -0.15) is 0 Å². The summed E-state index contributed by atoms with van der Waals surface area (Å²) in [5, 5.41) is 2.94. The number of hydrogen-bond acceptors (Lipinski definition) is 3. The second-order valence-corrected chi connectivity index (χ2v) is 5.46. The van der Waals surface area contributed by atoms with E-state index >= 15 is 0 Å². The molecule has 4 heteroatoms. The third-order valence-electron chi connectivity index (χ3n) is 3.87. The molecule has 17 heavy (non-hydrogen) atoms. The number of methoxy groups -OCH3 is 1. The van der Waals surface area contributed by atoms with Gasteiger partial charge in [0, 0.05) is 13.0 Å². The van der Waals surface area contributed by atoms with Gasteiger partial charge >= 0.3 is 5.97 Å². The van der Waals surface area contributed by atoms with Crippen LogP contribution in [0, 0.1) is 11.3 Å². The Hall–Kier alpha value is -1.06. The maximum absolute atomic E-state index is 11.7. The maximum atomic E-state index is 11.7. The molecule has 0 aromatic carbocycles. The lowest BCUT2D eigenvalue weighted by molar-refractivity contribution is -0.155. The highest BCUT2D eigenvalue weighted by Crippen LogP contribution is 2.39. The molecule has 0 aromatic heterocycles. The number of hydrogen-bond donors (Lipinski definition) is 1. The SMILES string of the molecule is COC(=O)C(C)(C)C1CCC(NC(C)=O)CC1. The summed E-state index contributed by atoms with van der Waals surface area (Å²) in [6, 6.07) is 0.275. The Bertz CT molecular complexity index is 291. The van der Waals surface area contributed by atoms with Gasteiger partial charge in [-0.1, -0.05) is 0 Å². The van der Waals surface area contributed by atoms with E-state index in [0.29, 0.717) is 5.92 Å². The molecule has 0 aliphatic heterocycles.